The van der Waals surface area contributed by atoms with Crippen molar-refractivity contribution >= 4 is 0 Å². The molecule has 1 saturated carbocycles. The first-order valence-corrected chi connectivity index (χ1v) is 7.92. The van der Waals surface area contributed by atoms with Crippen LogP contribution in [0.5, 0.6) is 0 Å². The molecular weight excluding hydrogens is 230 g/mol. The fourth-order valence-electron chi connectivity index (χ4n) is 3.15. The maximum absolute atomic E-state index is 3.63. The molecule has 0 unspecified atom stereocenters. The Morgan fingerprint density at radius 3 is 2.58 bits per heavy atom. The van der Waals surface area contributed by atoms with Gasteiger partial charge in [-0.25, -0.2) is 0 Å². The number of aryl methyl sites for hydroxylation is 1. The van der Waals surface area contributed by atoms with Crippen LogP contribution in [0.25, 0.3) is 0 Å². The Morgan fingerprint density at radius 1 is 1.11 bits per heavy atom. The molecule has 0 radical (unpaired) electrons. The highest BCUT2D eigenvalue weighted by atomic mass is 14.8. The summed E-state index contributed by atoms with van der Waals surface area (Å²) < 4.78 is 0. The van der Waals surface area contributed by atoms with Gasteiger partial charge in [0.2, 0.25) is 0 Å². The first-order chi connectivity index (χ1) is 9.16. The summed E-state index contributed by atoms with van der Waals surface area (Å²) in [5, 5.41) is 3.63. The van der Waals surface area contributed by atoms with Gasteiger partial charge in [0.15, 0.2) is 0 Å². The van der Waals surface area contributed by atoms with Crippen LogP contribution in [0.4, 0.5) is 0 Å². The number of rotatable bonds is 5. The maximum atomic E-state index is 3.63. The Balaban J connectivity index is 1.68. The lowest BCUT2D eigenvalue weighted by Crippen LogP contribution is -2.21. The van der Waals surface area contributed by atoms with Crippen molar-refractivity contribution in [2.75, 3.05) is 6.54 Å². The maximum Gasteiger partial charge on any atom is 0.0208 e. The van der Waals surface area contributed by atoms with Gasteiger partial charge in [-0.1, -0.05) is 50.8 Å². The number of benzene rings is 1. The van der Waals surface area contributed by atoms with Crippen molar-refractivity contribution in [3.05, 3.63) is 34.9 Å². The summed E-state index contributed by atoms with van der Waals surface area (Å²) in [7, 11) is 0. The SMILES string of the molecule is Cc1cccc(CNCCC2CCC(C)CC2)c1C. The van der Waals surface area contributed by atoms with Gasteiger partial charge in [-0.15, -0.1) is 0 Å². The molecule has 1 fully saturated rings. The van der Waals surface area contributed by atoms with E-state index in [0.717, 1.165) is 18.4 Å². The van der Waals surface area contributed by atoms with E-state index in [1.807, 2.05) is 0 Å². The van der Waals surface area contributed by atoms with E-state index in [1.54, 1.807) is 0 Å². The largest absolute Gasteiger partial charge is 0.313 e. The van der Waals surface area contributed by atoms with Crippen molar-refractivity contribution in [2.45, 2.75) is 59.4 Å². The highest BCUT2D eigenvalue weighted by Crippen LogP contribution is 2.29. The minimum atomic E-state index is 0.971. The lowest BCUT2D eigenvalue weighted by molar-refractivity contribution is 0.275. The fourth-order valence-corrected chi connectivity index (χ4v) is 3.15. The van der Waals surface area contributed by atoms with Gasteiger partial charge in [-0.3, -0.25) is 0 Å². The molecule has 0 bridgehead atoms. The zero-order valence-electron chi connectivity index (χ0n) is 12.8. The quantitative estimate of drug-likeness (QED) is 0.761. The zero-order valence-corrected chi connectivity index (χ0v) is 12.8. The van der Waals surface area contributed by atoms with Crippen LogP contribution in [0.2, 0.25) is 0 Å². The molecule has 0 amide bonds. The predicted octanol–water partition coefficient (Wildman–Crippen LogP) is 4.61. The lowest BCUT2D eigenvalue weighted by Gasteiger charge is -2.26. The third-order valence-electron chi connectivity index (χ3n) is 4.90. The van der Waals surface area contributed by atoms with Gasteiger partial charge in [-0.2, -0.15) is 0 Å². The Hall–Kier alpha value is -0.820. The molecule has 0 atom stereocenters. The molecule has 0 saturated heterocycles. The average Bonchev–Trinajstić information content (AvgIpc) is 2.41. The molecule has 106 valence electrons. The average molecular weight is 259 g/mol. The van der Waals surface area contributed by atoms with Crippen LogP contribution in [0.1, 0.15) is 55.7 Å². The second-order valence-corrected chi connectivity index (χ2v) is 6.45. The van der Waals surface area contributed by atoms with Crippen LogP contribution >= 0.6 is 0 Å². The molecule has 0 heterocycles. The molecule has 2 rings (SSSR count). The van der Waals surface area contributed by atoms with Gasteiger partial charge in [0.05, 0.1) is 0 Å². The zero-order chi connectivity index (χ0) is 13.7. The second kappa shape index (κ2) is 7.09. The Kier molecular flexibility index (Phi) is 5.45. The highest BCUT2D eigenvalue weighted by Gasteiger charge is 2.17. The van der Waals surface area contributed by atoms with E-state index in [0.29, 0.717) is 0 Å². The molecule has 0 aromatic heterocycles. The standard InChI is InChI=1S/C18H29N/c1-14-7-9-17(10-8-14)11-12-19-13-18-6-4-5-15(2)16(18)3/h4-6,14,17,19H,7-13H2,1-3H3. The van der Waals surface area contributed by atoms with E-state index < -0.39 is 0 Å². The fraction of sp³-hybridized carbons (Fsp3) is 0.667. The Labute approximate surface area is 118 Å². The molecular formula is C18H29N. The molecule has 1 aliphatic carbocycles. The molecule has 0 aliphatic heterocycles. The van der Waals surface area contributed by atoms with Gasteiger partial charge in [-0.05, 0) is 55.3 Å². The van der Waals surface area contributed by atoms with Gasteiger partial charge < -0.3 is 5.32 Å². The van der Waals surface area contributed by atoms with Crippen LogP contribution in [-0.4, -0.2) is 6.54 Å². The summed E-state index contributed by atoms with van der Waals surface area (Å²) in [4.78, 5) is 0. The van der Waals surface area contributed by atoms with E-state index in [-0.39, 0.29) is 0 Å². The molecule has 1 aromatic rings. The van der Waals surface area contributed by atoms with Gasteiger partial charge in [0, 0.05) is 6.54 Å². The summed E-state index contributed by atoms with van der Waals surface area (Å²) >= 11 is 0. The summed E-state index contributed by atoms with van der Waals surface area (Å²) in [5.74, 6) is 1.95. The summed E-state index contributed by atoms with van der Waals surface area (Å²) in [6.07, 6.45) is 7.15. The Morgan fingerprint density at radius 2 is 1.84 bits per heavy atom. The number of hydrogen-bond donors (Lipinski definition) is 1. The van der Waals surface area contributed by atoms with E-state index >= 15 is 0 Å². The van der Waals surface area contributed by atoms with Crippen molar-refractivity contribution in [3.63, 3.8) is 0 Å². The van der Waals surface area contributed by atoms with Crippen LogP contribution in [-0.2, 0) is 6.54 Å². The molecule has 0 spiro atoms. The van der Waals surface area contributed by atoms with Crippen LogP contribution in [0, 0.1) is 25.7 Å². The third-order valence-corrected chi connectivity index (χ3v) is 4.90. The molecule has 1 aromatic carbocycles. The predicted molar refractivity (Wildman–Crippen MR) is 83.4 cm³/mol. The van der Waals surface area contributed by atoms with E-state index in [9.17, 15) is 0 Å². The van der Waals surface area contributed by atoms with Crippen LogP contribution < -0.4 is 5.32 Å². The van der Waals surface area contributed by atoms with Gasteiger partial charge >= 0.3 is 0 Å². The van der Waals surface area contributed by atoms with Gasteiger partial charge in [0.1, 0.15) is 0 Å². The first-order valence-electron chi connectivity index (χ1n) is 7.92. The molecule has 1 heteroatoms. The monoisotopic (exact) mass is 259 g/mol. The molecule has 1 nitrogen and oxygen atoms in total. The smallest absolute Gasteiger partial charge is 0.0208 e. The summed E-state index contributed by atoms with van der Waals surface area (Å²) in [5.41, 5.74) is 4.30. The lowest BCUT2D eigenvalue weighted by atomic mass is 9.81. The normalized spacial score (nSPS) is 23.5. The molecule has 1 aliphatic rings. The molecule has 1 N–H and O–H groups in total. The van der Waals surface area contributed by atoms with Crippen LogP contribution in [0.15, 0.2) is 18.2 Å². The minimum Gasteiger partial charge on any atom is -0.313 e. The minimum absolute atomic E-state index is 0.971. The molecule has 19 heavy (non-hydrogen) atoms. The van der Waals surface area contributed by atoms with Crippen molar-refractivity contribution in [1.29, 1.82) is 0 Å². The van der Waals surface area contributed by atoms with E-state index in [1.165, 1.54) is 55.3 Å². The third kappa shape index (κ3) is 4.35. The Bertz CT molecular complexity index is 389. The second-order valence-electron chi connectivity index (χ2n) is 6.45. The summed E-state index contributed by atoms with van der Waals surface area (Å²) in [6, 6.07) is 6.61. The van der Waals surface area contributed by atoms with Crippen molar-refractivity contribution < 1.29 is 0 Å². The van der Waals surface area contributed by atoms with Crippen molar-refractivity contribution in [2.24, 2.45) is 11.8 Å². The van der Waals surface area contributed by atoms with E-state index in [2.05, 4.69) is 44.3 Å². The van der Waals surface area contributed by atoms with Crippen molar-refractivity contribution in [3.8, 4) is 0 Å². The number of hydrogen-bond acceptors (Lipinski definition) is 1. The van der Waals surface area contributed by atoms with Gasteiger partial charge in [0.25, 0.3) is 0 Å². The topological polar surface area (TPSA) is 12.0 Å². The number of nitrogens with one attached hydrogen (secondary N) is 1. The first kappa shape index (κ1) is 14.6. The van der Waals surface area contributed by atoms with Crippen molar-refractivity contribution in [1.82, 2.24) is 5.32 Å². The van der Waals surface area contributed by atoms with E-state index in [4.69, 9.17) is 0 Å². The summed E-state index contributed by atoms with van der Waals surface area (Å²) in [6.45, 7) is 9.02. The van der Waals surface area contributed by atoms with Crippen LogP contribution in [0.3, 0.4) is 0 Å². The highest BCUT2D eigenvalue weighted by molar-refractivity contribution is 5.32.